The number of carbonyl (C=O) groups is 2. The van der Waals surface area contributed by atoms with E-state index in [1.54, 1.807) is 29.7 Å². The smallest absolute Gasteiger partial charge is 0.319 e. The summed E-state index contributed by atoms with van der Waals surface area (Å²) in [6, 6.07) is 8.44. The number of rotatable bonds is 6. The fourth-order valence-electron chi connectivity index (χ4n) is 5.52. The summed E-state index contributed by atoms with van der Waals surface area (Å²) < 4.78 is 28.2. The van der Waals surface area contributed by atoms with E-state index in [4.69, 9.17) is 37.7 Å². The van der Waals surface area contributed by atoms with Crippen molar-refractivity contribution in [3.63, 3.8) is 0 Å². The molecule has 13 heteroatoms. The summed E-state index contributed by atoms with van der Waals surface area (Å²) in [6.45, 7) is 5.91. The summed E-state index contributed by atoms with van der Waals surface area (Å²) in [4.78, 5) is 43.0. The van der Waals surface area contributed by atoms with E-state index in [2.05, 4.69) is 15.3 Å². The molecule has 0 unspecified atom stereocenters. The Hall–Kier alpha value is -4.22. The number of amides is 2. The van der Waals surface area contributed by atoms with Gasteiger partial charge >= 0.3 is 6.01 Å². The van der Waals surface area contributed by atoms with E-state index in [-0.39, 0.29) is 40.0 Å². The number of benzene rings is 2. The van der Waals surface area contributed by atoms with Gasteiger partial charge in [0.1, 0.15) is 11.6 Å². The highest BCUT2D eigenvalue weighted by molar-refractivity contribution is 6.32. The summed E-state index contributed by atoms with van der Waals surface area (Å²) in [6.07, 6.45) is 1.49. The Balaban J connectivity index is 1.70. The van der Waals surface area contributed by atoms with Gasteiger partial charge in [0.2, 0.25) is 5.88 Å². The number of anilines is 2. The summed E-state index contributed by atoms with van der Waals surface area (Å²) in [7, 11) is 1.44. The van der Waals surface area contributed by atoms with Gasteiger partial charge in [0, 0.05) is 33.5 Å². The Kier molecular flexibility index (Phi) is 6.39. The van der Waals surface area contributed by atoms with Crippen LogP contribution in [0.3, 0.4) is 0 Å². The average molecular weight is 597 g/mol. The van der Waals surface area contributed by atoms with Crippen LogP contribution in [0.4, 0.5) is 15.8 Å². The number of aromatic nitrogens is 4. The highest BCUT2D eigenvalue weighted by Gasteiger charge is 2.64. The van der Waals surface area contributed by atoms with Crippen LogP contribution in [0, 0.1) is 5.82 Å². The number of nitrogens with zero attached hydrogens (tertiary/aromatic N) is 5. The lowest BCUT2D eigenvalue weighted by Gasteiger charge is -2.35. The SMILES string of the molecule is CCOc1ncc(-c2nc3c(n2C(C)C)[C@]2(C(=O)Nc4cc(Cl)ccc42)N(c2cc(Cl)ccc2F)C3=O)c(OC)n1. The van der Waals surface area contributed by atoms with Crippen LogP contribution in [0.5, 0.6) is 11.9 Å². The topological polar surface area (TPSA) is 111 Å². The van der Waals surface area contributed by atoms with Gasteiger partial charge in [-0.2, -0.15) is 4.98 Å². The molecule has 0 fully saturated rings. The van der Waals surface area contributed by atoms with Crippen molar-refractivity contribution in [2.75, 3.05) is 23.9 Å². The van der Waals surface area contributed by atoms with E-state index >= 15 is 4.39 Å². The van der Waals surface area contributed by atoms with Gasteiger partial charge in [0.05, 0.1) is 30.7 Å². The molecule has 10 nitrogen and oxygen atoms in total. The normalized spacial score (nSPS) is 17.3. The third kappa shape index (κ3) is 3.79. The first kappa shape index (κ1) is 27.0. The van der Waals surface area contributed by atoms with E-state index in [1.807, 2.05) is 13.8 Å². The molecule has 41 heavy (non-hydrogen) atoms. The van der Waals surface area contributed by atoms with Crippen molar-refractivity contribution in [3.8, 4) is 23.3 Å². The average Bonchev–Trinajstić information content (AvgIpc) is 3.54. The van der Waals surface area contributed by atoms with E-state index in [1.165, 1.54) is 25.4 Å². The lowest BCUT2D eigenvalue weighted by Crippen LogP contribution is -2.51. The van der Waals surface area contributed by atoms with Gasteiger partial charge in [-0.3, -0.25) is 14.5 Å². The minimum Gasteiger partial charge on any atom is -0.480 e. The number of hydrogen-bond donors (Lipinski definition) is 1. The van der Waals surface area contributed by atoms with Crippen LogP contribution in [-0.4, -0.2) is 45.1 Å². The molecule has 4 aromatic rings. The molecule has 0 radical (unpaired) electrons. The summed E-state index contributed by atoms with van der Waals surface area (Å²) in [5.74, 6) is -1.55. The van der Waals surface area contributed by atoms with Crippen molar-refractivity contribution in [1.82, 2.24) is 19.5 Å². The number of imidazole rings is 1. The number of ether oxygens (including phenoxy) is 2. The Labute approximate surface area is 244 Å². The second-order valence-corrected chi connectivity index (χ2v) is 10.6. The molecule has 1 N–H and O–H groups in total. The molecule has 2 amide bonds. The molecule has 1 atom stereocenters. The molecule has 0 aliphatic carbocycles. The van der Waals surface area contributed by atoms with E-state index in [9.17, 15) is 9.59 Å². The van der Waals surface area contributed by atoms with Gasteiger partial charge in [-0.05, 0) is 51.1 Å². The summed E-state index contributed by atoms with van der Waals surface area (Å²) in [5, 5.41) is 3.41. The van der Waals surface area contributed by atoms with Crippen LogP contribution in [0.2, 0.25) is 10.0 Å². The minimum absolute atomic E-state index is 0.0398. The maximum atomic E-state index is 15.5. The standard InChI is InChI=1S/C28H23Cl2FN6O4/c1-5-41-27-32-12-16(24(35-27)40-4)23-34-21-22(36(23)13(2)3)28(17-8-6-14(29)10-19(17)33-26(28)39)37(25(21)38)20-11-15(30)7-9-18(20)31/h6-13H,5H2,1-4H3,(H,33,39)/t28-/m1/s1. The van der Waals surface area contributed by atoms with E-state index in [0.29, 0.717) is 34.3 Å². The van der Waals surface area contributed by atoms with E-state index in [0.717, 1.165) is 11.0 Å². The predicted molar refractivity (Wildman–Crippen MR) is 150 cm³/mol. The Morgan fingerprint density at radius 1 is 1.10 bits per heavy atom. The second-order valence-electron chi connectivity index (χ2n) is 9.70. The number of methoxy groups -OCH3 is 1. The number of carbonyl (C=O) groups excluding carboxylic acids is 2. The molecule has 4 heterocycles. The molecule has 0 bridgehead atoms. The first-order chi connectivity index (χ1) is 19.6. The predicted octanol–water partition coefficient (Wildman–Crippen LogP) is 5.63. The van der Waals surface area contributed by atoms with Crippen LogP contribution in [0.1, 0.15) is 48.6 Å². The Morgan fingerprint density at radius 2 is 1.83 bits per heavy atom. The Bertz CT molecular complexity index is 1760. The van der Waals surface area contributed by atoms with Crippen LogP contribution in [-0.2, 0) is 10.3 Å². The molecule has 1 spiro atoms. The van der Waals surface area contributed by atoms with Crippen LogP contribution >= 0.6 is 23.2 Å². The quantitative estimate of drug-likeness (QED) is 0.307. The first-order valence-corrected chi connectivity index (χ1v) is 13.5. The molecule has 6 rings (SSSR count). The van der Waals surface area contributed by atoms with E-state index < -0.39 is 23.2 Å². The molecule has 0 saturated carbocycles. The number of halogens is 3. The highest BCUT2D eigenvalue weighted by atomic mass is 35.5. The first-order valence-electron chi connectivity index (χ1n) is 12.7. The zero-order chi connectivity index (χ0) is 29.2. The highest BCUT2D eigenvalue weighted by Crippen LogP contribution is 2.55. The van der Waals surface area contributed by atoms with Gasteiger partial charge in [-0.25, -0.2) is 14.4 Å². The number of hydrogen-bond acceptors (Lipinski definition) is 7. The van der Waals surface area contributed by atoms with Crippen LogP contribution in [0.25, 0.3) is 11.4 Å². The van der Waals surface area contributed by atoms with Gasteiger partial charge in [-0.15, -0.1) is 0 Å². The summed E-state index contributed by atoms with van der Waals surface area (Å²) >= 11 is 12.5. The Morgan fingerprint density at radius 3 is 2.54 bits per heavy atom. The van der Waals surface area contributed by atoms with Crippen molar-refractivity contribution in [2.24, 2.45) is 0 Å². The maximum Gasteiger partial charge on any atom is 0.319 e. The molecule has 2 aliphatic rings. The van der Waals surface area contributed by atoms with Gasteiger partial charge in [0.25, 0.3) is 11.8 Å². The monoisotopic (exact) mass is 596 g/mol. The van der Waals surface area contributed by atoms with Gasteiger partial charge in [0.15, 0.2) is 11.2 Å². The lowest BCUT2D eigenvalue weighted by molar-refractivity contribution is -0.119. The third-order valence-corrected chi connectivity index (χ3v) is 7.52. The largest absolute Gasteiger partial charge is 0.480 e. The fraction of sp³-hybridized carbons (Fsp3) is 0.250. The molecule has 2 aromatic heterocycles. The third-order valence-electron chi connectivity index (χ3n) is 7.05. The fourth-order valence-corrected chi connectivity index (χ4v) is 5.86. The number of fused-ring (bicyclic) bond motifs is 4. The van der Waals surface area contributed by atoms with Gasteiger partial charge < -0.3 is 19.4 Å². The van der Waals surface area contributed by atoms with Crippen molar-refractivity contribution in [3.05, 3.63) is 75.4 Å². The van der Waals surface area contributed by atoms with Crippen molar-refractivity contribution in [1.29, 1.82) is 0 Å². The van der Waals surface area contributed by atoms with Crippen LogP contribution in [0.15, 0.2) is 42.6 Å². The van der Waals surface area contributed by atoms with Crippen LogP contribution < -0.4 is 19.7 Å². The molecular weight excluding hydrogens is 574 g/mol. The molecule has 2 aromatic carbocycles. The van der Waals surface area contributed by atoms with Crippen molar-refractivity contribution in [2.45, 2.75) is 32.4 Å². The minimum atomic E-state index is -1.84. The molecular formula is C28H23Cl2FN6O4. The zero-order valence-corrected chi connectivity index (χ0v) is 23.8. The molecule has 210 valence electrons. The molecule has 2 aliphatic heterocycles. The lowest BCUT2D eigenvalue weighted by atomic mass is 9.87. The summed E-state index contributed by atoms with van der Waals surface area (Å²) in [5.41, 5.74) is -0.637. The van der Waals surface area contributed by atoms with Crippen molar-refractivity contribution < 1.29 is 23.5 Å². The van der Waals surface area contributed by atoms with Crippen molar-refractivity contribution >= 4 is 46.4 Å². The second kappa shape index (κ2) is 9.71. The zero-order valence-electron chi connectivity index (χ0n) is 22.3. The maximum absolute atomic E-state index is 15.5. The molecule has 0 saturated heterocycles. The number of nitrogens with one attached hydrogen (secondary N) is 1. The van der Waals surface area contributed by atoms with Gasteiger partial charge in [-0.1, -0.05) is 29.3 Å².